The highest BCUT2D eigenvalue weighted by Gasteiger charge is 2.21. The molecule has 2 heterocycles. The van der Waals surface area contributed by atoms with Gasteiger partial charge in [-0.2, -0.15) is 0 Å². The maximum atomic E-state index is 2.47. The number of para-hydroxylation sites is 2. The maximum Gasteiger partial charge on any atom is 0.0641 e. The van der Waals surface area contributed by atoms with Crippen molar-refractivity contribution < 1.29 is 0 Å². The summed E-state index contributed by atoms with van der Waals surface area (Å²) < 4.78 is 4.92. The second-order valence-electron chi connectivity index (χ2n) is 12.2. The van der Waals surface area contributed by atoms with Crippen molar-refractivity contribution in [2.75, 3.05) is 0 Å². The Morgan fingerprint density at radius 3 is 1.78 bits per heavy atom. The largest absolute Gasteiger partial charge is 0.309 e. The van der Waals surface area contributed by atoms with Crippen LogP contribution in [0.25, 0.3) is 87.7 Å². The van der Waals surface area contributed by atoms with E-state index >= 15 is 0 Å². The number of hydrogen-bond acceptors (Lipinski definition) is 0. The smallest absolute Gasteiger partial charge is 0.0641 e. The van der Waals surface area contributed by atoms with Crippen LogP contribution in [0.15, 0.2) is 170 Å². The lowest BCUT2D eigenvalue weighted by Gasteiger charge is -2.12. The molecule has 0 saturated carbocycles. The Bertz CT molecular complexity index is 2790. The van der Waals surface area contributed by atoms with Gasteiger partial charge in [-0.15, -0.1) is 0 Å². The van der Waals surface area contributed by atoms with E-state index in [1.54, 1.807) is 0 Å². The van der Waals surface area contributed by atoms with Gasteiger partial charge in [-0.3, -0.25) is 0 Å². The van der Waals surface area contributed by atoms with Crippen molar-refractivity contribution in [3.05, 3.63) is 170 Å². The van der Waals surface area contributed by atoms with E-state index in [0.717, 1.165) is 5.69 Å². The van der Waals surface area contributed by atoms with Gasteiger partial charge in [0.1, 0.15) is 0 Å². The molecule has 2 heteroatoms. The normalized spacial score (nSPS) is 11.9. The molecular weight excluding hydrogens is 556 g/mol. The molecule has 2 aromatic heterocycles. The minimum atomic E-state index is 1.16. The molecule has 0 aliphatic rings. The van der Waals surface area contributed by atoms with Gasteiger partial charge in [0, 0.05) is 32.6 Å². The van der Waals surface area contributed by atoms with E-state index in [9.17, 15) is 0 Å². The van der Waals surface area contributed by atoms with Crippen molar-refractivity contribution in [3.63, 3.8) is 0 Å². The van der Waals surface area contributed by atoms with Crippen molar-refractivity contribution in [1.82, 2.24) is 9.13 Å². The van der Waals surface area contributed by atoms with Crippen molar-refractivity contribution >= 4 is 65.2 Å². The summed E-state index contributed by atoms with van der Waals surface area (Å²) >= 11 is 0. The summed E-state index contributed by atoms with van der Waals surface area (Å²) in [5, 5.41) is 10.1. The SMILES string of the molecule is c1ccc2cc(-c3ccc(-n4c5ccccc5c5ccc6c(c7ccccc7n6-c6cccc7ccccc67)c54)cc3)ccc2c1. The molecule has 0 unspecified atom stereocenters. The zero-order valence-electron chi connectivity index (χ0n) is 25.1. The Kier molecular flexibility index (Phi) is 5.31. The van der Waals surface area contributed by atoms with Crippen LogP contribution >= 0.6 is 0 Å². The molecule has 10 aromatic rings. The predicted octanol–water partition coefficient (Wildman–Crippen LogP) is 11.9. The van der Waals surface area contributed by atoms with Gasteiger partial charge in [0.05, 0.1) is 27.8 Å². The van der Waals surface area contributed by atoms with E-state index < -0.39 is 0 Å². The van der Waals surface area contributed by atoms with Crippen LogP contribution in [0.5, 0.6) is 0 Å². The fourth-order valence-electron chi connectivity index (χ4n) is 7.61. The third kappa shape index (κ3) is 3.59. The number of fused-ring (bicyclic) bond motifs is 9. The lowest BCUT2D eigenvalue weighted by molar-refractivity contribution is 1.18. The van der Waals surface area contributed by atoms with Crippen LogP contribution in [-0.4, -0.2) is 9.13 Å². The van der Waals surface area contributed by atoms with Crippen LogP contribution in [0.1, 0.15) is 0 Å². The van der Waals surface area contributed by atoms with Crippen LogP contribution in [-0.2, 0) is 0 Å². The van der Waals surface area contributed by atoms with Crippen LogP contribution < -0.4 is 0 Å². The Balaban J connectivity index is 1.27. The first kappa shape index (κ1) is 25.2. The number of hydrogen-bond donors (Lipinski definition) is 0. The summed E-state index contributed by atoms with van der Waals surface area (Å²) in [6.07, 6.45) is 0. The Morgan fingerprint density at radius 2 is 0.957 bits per heavy atom. The Morgan fingerprint density at radius 1 is 0.326 bits per heavy atom. The van der Waals surface area contributed by atoms with Crippen molar-refractivity contribution in [3.8, 4) is 22.5 Å². The van der Waals surface area contributed by atoms with Gasteiger partial charge >= 0.3 is 0 Å². The number of aromatic nitrogens is 2. The first-order valence-electron chi connectivity index (χ1n) is 15.9. The van der Waals surface area contributed by atoms with Gasteiger partial charge in [0.2, 0.25) is 0 Å². The van der Waals surface area contributed by atoms with Crippen molar-refractivity contribution in [1.29, 1.82) is 0 Å². The molecule has 8 aromatic carbocycles. The average Bonchev–Trinajstić information content (AvgIpc) is 3.64. The van der Waals surface area contributed by atoms with E-state index in [1.165, 1.54) is 82.0 Å². The van der Waals surface area contributed by atoms with Gasteiger partial charge in [0.15, 0.2) is 0 Å². The first-order chi connectivity index (χ1) is 22.8. The summed E-state index contributed by atoms with van der Waals surface area (Å²) in [5.74, 6) is 0. The lowest BCUT2D eigenvalue weighted by Crippen LogP contribution is -1.96. The molecule has 0 spiro atoms. The fraction of sp³-hybridized carbons (Fsp3) is 0. The minimum Gasteiger partial charge on any atom is -0.309 e. The molecule has 0 aliphatic carbocycles. The van der Waals surface area contributed by atoms with E-state index in [4.69, 9.17) is 0 Å². The molecule has 10 rings (SSSR count). The molecule has 0 N–H and O–H groups in total. The minimum absolute atomic E-state index is 1.16. The third-order valence-electron chi connectivity index (χ3n) is 9.69. The molecule has 0 bridgehead atoms. The molecule has 0 fully saturated rings. The van der Waals surface area contributed by atoms with Gasteiger partial charge < -0.3 is 9.13 Å². The number of benzene rings is 8. The first-order valence-corrected chi connectivity index (χ1v) is 15.9. The predicted molar refractivity (Wildman–Crippen MR) is 196 cm³/mol. The van der Waals surface area contributed by atoms with Crippen molar-refractivity contribution in [2.45, 2.75) is 0 Å². The van der Waals surface area contributed by atoms with Gasteiger partial charge in [-0.05, 0) is 69.8 Å². The molecule has 0 radical (unpaired) electrons. The van der Waals surface area contributed by atoms with E-state index in [1.807, 2.05) is 0 Å². The molecule has 0 amide bonds. The van der Waals surface area contributed by atoms with Gasteiger partial charge in [-0.25, -0.2) is 0 Å². The lowest BCUT2D eigenvalue weighted by atomic mass is 10.0. The standard InChI is InChI=1S/C44H28N2/c1-2-12-32-28-33(21-20-29(32)10-1)30-22-24-34(25-23-30)45-40-17-7-5-15-36(40)37-26-27-42-43(44(37)45)38-16-6-8-18-41(38)46(42)39-19-9-13-31-11-3-4-14-35(31)39/h1-28H. The summed E-state index contributed by atoms with van der Waals surface area (Å²) in [4.78, 5) is 0. The van der Waals surface area contributed by atoms with E-state index in [2.05, 4.69) is 179 Å². The quantitative estimate of drug-likeness (QED) is 0.195. The molecule has 0 aliphatic heterocycles. The number of nitrogens with zero attached hydrogens (tertiary/aromatic N) is 2. The molecule has 0 saturated heterocycles. The Labute approximate surface area is 266 Å². The van der Waals surface area contributed by atoms with Crippen LogP contribution in [0, 0.1) is 0 Å². The highest BCUT2D eigenvalue weighted by molar-refractivity contribution is 6.26. The fourth-order valence-corrected chi connectivity index (χ4v) is 7.61. The molecule has 2 nitrogen and oxygen atoms in total. The summed E-state index contributed by atoms with van der Waals surface area (Å²) in [6.45, 7) is 0. The van der Waals surface area contributed by atoms with Crippen LogP contribution in [0.4, 0.5) is 0 Å². The topological polar surface area (TPSA) is 9.86 Å². The monoisotopic (exact) mass is 584 g/mol. The third-order valence-corrected chi connectivity index (χ3v) is 9.69. The number of rotatable bonds is 3. The van der Waals surface area contributed by atoms with Gasteiger partial charge in [-0.1, -0.05) is 127 Å². The van der Waals surface area contributed by atoms with E-state index in [-0.39, 0.29) is 0 Å². The molecule has 46 heavy (non-hydrogen) atoms. The summed E-state index contributed by atoms with van der Waals surface area (Å²) in [6, 6.07) is 62.0. The maximum absolute atomic E-state index is 2.47. The van der Waals surface area contributed by atoms with Crippen LogP contribution in [0.2, 0.25) is 0 Å². The molecule has 0 atom stereocenters. The zero-order valence-corrected chi connectivity index (χ0v) is 25.1. The summed E-state index contributed by atoms with van der Waals surface area (Å²) in [7, 11) is 0. The zero-order chi connectivity index (χ0) is 30.2. The molecular formula is C44H28N2. The highest BCUT2D eigenvalue weighted by atomic mass is 15.0. The van der Waals surface area contributed by atoms with E-state index in [0.29, 0.717) is 0 Å². The highest BCUT2D eigenvalue weighted by Crippen LogP contribution is 2.42. The molecule has 214 valence electrons. The second kappa shape index (κ2) is 9.69. The Hall–Kier alpha value is -6.12. The second-order valence-corrected chi connectivity index (χ2v) is 12.2. The van der Waals surface area contributed by atoms with Gasteiger partial charge in [0.25, 0.3) is 0 Å². The van der Waals surface area contributed by atoms with Crippen molar-refractivity contribution in [2.24, 2.45) is 0 Å². The van der Waals surface area contributed by atoms with Crippen LogP contribution in [0.3, 0.4) is 0 Å². The average molecular weight is 585 g/mol. The summed E-state index contributed by atoms with van der Waals surface area (Å²) in [5.41, 5.74) is 9.68.